The zero-order chi connectivity index (χ0) is 22.8. The average Bonchev–Trinajstić information content (AvgIpc) is 2.87. The van der Waals surface area contributed by atoms with Crippen molar-refractivity contribution in [1.82, 2.24) is 0 Å². The van der Waals surface area contributed by atoms with Gasteiger partial charge in [-0.15, -0.1) is 6.58 Å². The van der Waals surface area contributed by atoms with Crippen LogP contribution in [0.2, 0.25) is 0 Å². The Bertz CT molecular complexity index is 892. The molecule has 1 aliphatic rings. The first-order chi connectivity index (χ1) is 13.1. The summed E-state index contributed by atoms with van der Waals surface area (Å²) in [7, 11) is -4.36. The SMILES string of the molecule is C=CCC(F)(C(=NC)C(=N/C(C)=C\C)C(F)(F)I)S(=O)(=O)C1=NOC(C)(C)C1F. The van der Waals surface area contributed by atoms with Crippen LogP contribution >= 0.6 is 22.6 Å². The minimum atomic E-state index is -5.30. The van der Waals surface area contributed by atoms with E-state index < -0.39 is 53.4 Å². The van der Waals surface area contributed by atoms with Gasteiger partial charge in [0.15, 0.2) is 11.8 Å². The summed E-state index contributed by atoms with van der Waals surface area (Å²) in [5.41, 5.74) is -3.98. The van der Waals surface area contributed by atoms with E-state index in [1.54, 1.807) is 0 Å². The smallest absolute Gasteiger partial charge is 0.339 e. The van der Waals surface area contributed by atoms with Crippen LogP contribution in [0.15, 0.2) is 39.6 Å². The Hall–Kier alpha value is -1.31. The van der Waals surface area contributed by atoms with E-state index >= 15 is 4.39 Å². The van der Waals surface area contributed by atoms with Crippen molar-refractivity contribution in [3.8, 4) is 0 Å². The summed E-state index contributed by atoms with van der Waals surface area (Å²) in [6, 6.07) is 0. The maximum Gasteiger partial charge on any atom is 0.339 e. The molecule has 164 valence electrons. The van der Waals surface area contributed by atoms with Gasteiger partial charge < -0.3 is 4.84 Å². The van der Waals surface area contributed by atoms with Crippen molar-refractivity contribution < 1.29 is 30.8 Å². The third kappa shape index (κ3) is 4.89. The van der Waals surface area contributed by atoms with Gasteiger partial charge in [0.2, 0.25) is 14.9 Å². The molecule has 0 fully saturated rings. The molecule has 0 N–H and O–H groups in total. The van der Waals surface area contributed by atoms with Gasteiger partial charge in [0.1, 0.15) is 11.4 Å². The molecule has 0 aromatic rings. The minimum Gasteiger partial charge on any atom is -0.385 e. The van der Waals surface area contributed by atoms with Crippen LogP contribution < -0.4 is 0 Å². The number of oxime groups is 1. The average molecular weight is 551 g/mol. The molecule has 0 saturated carbocycles. The summed E-state index contributed by atoms with van der Waals surface area (Å²) < 4.78 is 81.7. The lowest BCUT2D eigenvalue weighted by atomic mass is 10.1. The Morgan fingerprint density at radius 1 is 1.38 bits per heavy atom. The predicted octanol–water partition coefficient (Wildman–Crippen LogP) is 4.57. The second kappa shape index (κ2) is 8.82. The maximum absolute atomic E-state index is 16.1. The van der Waals surface area contributed by atoms with Crippen LogP contribution in [0.4, 0.5) is 17.6 Å². The molecule has 2 unspecified atom stereocenters. The van der Waals surface area contributed by atoms with Gasteiger partial charge in [-0.2, -0.15) is 8.78 Å². The Labute approximate surface area is 180 Å². The molecule has 2 atom stereocenters. The van der Waals surface area contributed by atoms with Crippen LogP contribution in [0, 0.1) is 0 Å². The standard InChI is InChI=1S/C17H22F4IN3O3S/c1-7-9-16(19,29(26,27)14-11(18)15(4,5)28-25-14)12(23-6)13(17(20,21)22)24-10(3)8-2/h7-8,11H,1,9H2,2-6H3/b10-8-,23-12?,24-13?. The lowest BCUT2D eigenvalue weighted by molar-refractivity contribution is -0.0232. The molecule has 1 aliphatic heterocycles. The molecule has 0 amide bonds. The fourth-order valence-electron chi connectivity index (χ4n) is 2.36. The van der Waals surface area contributed by atoms with E-state index in [2.05, 4.69) is 21.7 Å². The van der Waals surface area contributed by atoms with Crippen LogP contribution in [0.25, 0.3) is 0 Å². The quantitative estimate of drug-likeness (QED) is 0.153. The summed E-state index contributed by atoms with van der Waals surface area (Å²) in [5, 5.41) is -1.65. The van der Waals surface area contributed by atoms with E-state index in [9.17, 15) is 21.6 Å². The summed E-state index contributed by atoms with van der Waals surface area (Å²) in [6.07, 6.45) is -1.08. The monoisotopic (exact) mass is 551 g/mol. The molecule has 0 radical (unpaired) electrons. The van der Waals surface area contributed by atoms with Gasteiger partial charge >= 0.3 is 3.93 Å². The first kappa shape index (κ1) is 25.7. The number of hydrogen-bond donors (Lipinski definition) is 0. The molecule has 6 nitrogen and oxygen atoms in total. The van der Waals surface area contributed by atoms with E-state index in [0.29, 0.717) is 22.6 Å². The number of sulfone groups is 1. The molecular weight excluding hydrogens is 529 g/mol. The zero-order valence-electron chi connectivity index (χ0n) is 16.5. The lowest BCUT2D eigenvalue weighted by Gasteiger charge is -2.28. The Balaban J connectivity index is 3.79. The Morgan fingerprint density at radius 3 is 2.28 bits per heavy atom. The van der Waals surface area contributed by atoms with Crippen molar-refractivity contribution in [3.63, 3.8) is 0 Å². The van der Waals surface area contributed by atoms with E-state index in [1.165, 1.54) is 33.8 Å². The van der Waals surface area contributed by atoms with E-state index in [0.717, 1.165) is 13.1 Å². The van der Waals surface area contributed by atoms with Crippen LogP contribution in [-0.2, 0) is 14.7 Å². The third-order valence-corrected chi connectivity index (χ3v) is 6.64. The van der Waals surface area contributed by atoms with Gasteiger partial charge in [-0.1, -0.05) is 17.3 Å². The van der Waals surface area contributed by atoms with Gasteiger partial charge in [0, 0.05) is 41.8 Å². The number of halogens is 5. The van der Waals surface area contributed by atoms with Crippen LogP contribution in [0.1, 0.15) is 34.1 Å². The van der Waals surface area contributed by atoms with E-state index in [4.69, 9.17) is 4.84 Å². The van der Waals surface area contributed by atoms with Crippen molar-refractivity contribution >= 4 is 48.9 Å². The number of rotatable bonds is 7. The number of aliphatic imine (C=N–C) groups is 2. The van der Waals surface area contributed by atoms with Crippen LogP contribution in [0.5, 0.6) is 0 Å². The van der Waals surface area contributed by atoms with Crippen LogP contribution in [-0.4, -0.2) is 52.6 Å². The summed E-state index contributed by atoms with van der Waals surface area (Å²) in [4.78, 5) is 11.9. The predicted molar refractivity (Wildman–Crippen MR) is 114 cm³/mol. The second-order valence-electron chi connectivity index (χ2n) is 6.67. The van der Waals surface area contributed by atoms with E-state index in [1.807, 2.05) is 0 Å². The Morgan fingerprint density at radius 2 is 1.93 bits per heavy atom. The van der Waals surface area contributed by atoms with Crippen molar-refractivity contribution in [2.24, 2.45) is 15.1 Å². The number of allylic oxidation sites excluding steroid dienone is 3. The minimum absolute atomic E-state index is 0.0712. The highest BCUT2D eigenvalue weighted by molar-refractivity contribution is 14.1. The molecular formula is C17H22F4IN3O3S. The van der Waals surface area contributed by atoms with Gasteiger partial charge in [0.05, 0.1) is 0 Å². The molecule has 1 heterocycles. The van der Waals surface area contributed by atoms with Gasteiger partial charge in [-0.3, -0.25) is 4.99 Å². The molecule has 0 aromatic heterocycles. The van der Waals surface area contributed by atoms with Crippen molar-refractivity contribution in [3.05, 3.63) is 24.4 Å². The zero-order valence-corrected chi connectivity index (χ0v) is 19.5. The molecule has 1 rings (SSSR count). The summed E-state index contributed by atoms with van der Waals surface area (Å²) in [5.74, 6) is 0. The highest BCUT2D eigenvalue weighted by atomic mass is 127. The van der Waals surface area contributed by atoms with Crippen molar-refractivity contribution in [2.45, 2.75) is 54.8 Å². The first-order valence-corrected chi connectivity index (χ1v) is 10.9. The van der Waals surface area contributed by atoms with Crippen LogP contribution in [0.3, 0.4) is 0 Å². The number of nitrogens with zero attached hydrogens (tertiary/aromatic N) is 3. The molecule has 0 aromatic carbocycles. The normalized spacial score (nSPS) is 23.3. The number of alkyl halides is 5. The summed E-state index contributed by atoms with van der Waals surface area (Å²) in [6.45, 7) is 8.59. The fourth-order valence-corrected chi connectivity index (χ4v) is 4.54. The molecule has 12 heteroatoms. The maximum atomic E-state index is 16.1. The first-order valence-electron chi connectivity index (χ1n) is 8.31. The second-order valence-corrected chi connectivity index (χ2v) is 10.1. The van der Waals surface area contributed by atoms with Crippen molar-refractivity contribution in [2.75, 3.05) is 7.05 Å². The fraction of sp³-hybridized carbons (Fsp3) is 0.588. The van der Waals surface area contributed by atoms with Gasteiger partial charge in [-0.25, -0.2) is 22.2 Å². The number of hydrogen-bond acceptors (Lipinski definition) is 6. The van der Waals surface area contributed by atoms with E-state index in [-0.39, 0.29) is 5.70 Å². The Kier molecular flexibility index (Phi) is 7.82. The molecule has 0 saturated heterocycles. The largest absolute Gasteiger partial charge is 0.385 e. The summed E-state index contributed by atoms with van der Waals surface area (Å²) >= 11 is 0.693. The van der Waals surface area contributed by atoms with Crippen molar-refractivity contribution in [1.29, 1.82) is 0 Å². The molecule has 0 aliphatic carbocycles. The highest BCUT2D eigenvalue weighted by Crippen LogP contribution is 2.39. The molecule has 29 heavy (non-hydrogen) atoms. The molecule has 0 bridgehead atoms. The third-order valence-electron chi connectivity index (χ3n) is 4.08. The lowest BCUT2D eigenvalue weighted by Crippen LogP contribution is -2.53. The van der Waals surface area contributed by atoms with Gasteiger partial charge in [0.25, 0.3) is 5.00 Å². The van der Waals surface area contributed by atoms with Gasteiger partial charge in [-0.05, 0) is 27.7 Å². The topological polar surface area (TPSA) is 80.5 Å². The highest BCUT2D eigenvalue weighted by Gasteiger charge is 2.60. The molecule has 0 spiro atoms.